The molecule has 4 nitrogen and oxygen atoms in total. The van der Waals surface area contributed by atoms with Crippen LogP contribution in [0.5, 0.6) is 0 Å². The zero-order valence-electron chi connectivity index (χ0n) is 10.6. The molecular formula is C14H9BrFN3OS. The molecule has 0 aliphatic rings. The highest BCUT2D eigenvalue weighted by Crippen LogP contribution is 2.28. The Morgan fingerprint density at radius 1 is 1.33 bits per heavy atom. The number of nitrogens with zero attached hydrogens (tertiary/aromatic N) is 1. The lowest BCUT2D eigenvalue weighted by Crippen LogP contribution is -2.12. The lowest BCUT2D eigenvalue weighted by molar-refractivity contribution is 0.103. The minimum Gasteiger partial charge on any atom is -0.397 e. The number of hydrogen-bond donors (Lipinski definition) is 2. The third kappa shape index (κ3) is 2.88. The Hall–Kier alpha value is -1.99. The van der Waals surface area contributed by atoms with Crippen LogP contribution in [0.2, 0.25) is 0 Å². The number of anilines is 2. The average Bonchev–Trinajstić information content (AvgIpc) is 2.85. The standard InChI is InChI=1S/C14H9BrFN3OS/c15-10-5-9(17)6-18-13(10)19-14(20)12-3-7-1-2-8(16)4-11(7)21-12/h1-6H,17H2,(H,18,19,20). The van der Waals surface area contributed by atoms with Crippen LogP contribution in [-0.4, -0.2) is 10.9 Å². The predicted molar refractivity (Wildman–Crippen MR) is 86.1 cm³/mol. The van der Waals surface area contributed by atoms with Gasteiger partial charge in [0, 0.05) is 4.70 Å². The molecule has 0 saturated carbocycles. The highest BCUT2D eigenvalue weighted by atomic mass is 79.9. The SMILES string of the molecule is Nc1cnc(NC(=O)c2cc3ccc(F)cc3s2)c(Br)c1. The van der Waals surface area contributed by atoms with Crippen molar-refractivity contribution in [1.82, 2.24) is 4.98 Å². The molecule has 0 fully saturated rings. The number of fused-ring (bicyclic) bond motifs is 1. The van der Waals surface area contributed by atoms with E-state index in [1.807, 2.05) is 0 Å². The van der Waals surface area contributed by atoms with Gasteiger partial charge in [-0.2, -0.15) is 0 Å². The van der Waals surface area contributed by atoms with E-state index in [-0.39, 0.29) is 11.7 Å². The lowest BCUT2D eigenvalue weighted by Gasteiger charge is -2.05. The number of rotatable bonds is 2. The largest absolute Gasteiger partial charge is 0.397 e. The molecule has 0 aliphatic heterocycles. The van der Waals surface area contributed by atoms with Gasteiger partial charge in [0.05, 0.1) is 21.2 Å². The van der Waals surface area contributed by atoms with E-state index in [9.17, 15) is 9.18 Å². The second-order valence-electron chi connectivity index (χ2n) is 4.35. The van der Waals surface area contributed by atoms with Gasteiger partial charge in [0.25, 0.3) is 5.91 Å². The van der Waals surface area contributed by atoms with Crippen LogP contribution < -0.4 is 11.1 Å². The first-order valence-corrected chi connectivity index (χ1v) is 7.55. The number of benzene rings is 1. The van der Waals surface area contributed by atoms with Crippen molar-refractivity contribution in [2.45, 2.75) is 0 Å². The van der Waals surface area contributed by atoms with Gasteiger partial charge in [0.2, 0.25) is 0 Å². The number of aromatic nitrogens is 1. The van der Waals surface area contributed by atoms with Crippen LogP contribution in [0.3, 0.4) is 0 Å². The number of thiophene rings is 1. The first-order valence-electron chi connectivity index (χ1n) is 5.94. The molecular weight excluding hydrogens is 357 g/mol. The molecule has 0 bridgehead atoms. The van der Waals surface area contributed by atoms with Gasteiger partial charge in [-0.05, 0) is 45.6 Å². The molecule has 1 amide bonds. The molecule has 3 aromatic rings. The zero-order chi connectivity index (χ0) is 15.0. The number of pyridine rings is 1. The highest BCUT2D eigenvalue weighted by molar-refractivity contribution is 9.10. The van der Waals surface area contributed by atoms with Crippen molar-refractivity contribution in [1.29, 1.82) is 0 Å². The van der Waals surface area contributed by atoms with E-state index < -0.39 is 0 Å². The fourth-order valence-corrected chi connectivity index (χ4v) is 3.28. The maximum Gasteiger partial charge on any atom is 0.266 e. The van der Waals surface area contributed by atoms with Crippen LogP contribution in [0, 0.1) is 5.82 Å². The van der Waals surface area contributed by atoms with Crippen LogP contribution in [0.15, 0.2) is 41.0 Å². The summed E-state index contributed by atoms with van der Waals surface area (Å²) in [5.41, 5.74) is 6.09. The van der Waals surface area contributed by atoms with Gasteiger partial charge >= 0.3 is 0 Å². The minimum absolute atomic E-state index is 0.297. The van der Waals surface area contributed by atoms with Crippen molar-refractivity contribution in [3.05, 3.63) is 51.7 Å². The summed E-state index contributed by atoms with van der Waals surface area (Å²) in [6.45, 7) is 0. The Balaban J connectivity index is 1.89. The van der Waals surface area contributed by atoms with Crippen LogP contribution in [0.25, 0.3) is 10.1 Å². The minimum atomic E-state index is -0.320. The second kappa shape index (κ2) is 5.42. The molecule has 0 aliphatic carbocycles. The van der Waals surface area contributed by atoms with E-state index in [2.05, 4.69) is 26.2 Å². The molecule has 21 heavy (non-hydrogen) atoms. The first-order chi connectivity index (χ1) is 10.0. The molecule has 0 spiro atoms. The Morgan fingerprint density at radius 3 is 2.90 bits per heavy atom. The molecule has 106 valence electrons. The molecule has 2 aromatic heterocycles. The summed E-state index contributed by atoms with van der Waals surface area (Å²) in [6, 6.07) is 7.81. The highest BCUT2D eigenvalue weighted by Gasteiger charge is 2.13. The summed E-state index contributed by atoms with van der Waals surface area (Å²) in [5.74, 6) is -0.230. The van der Waals surface area contributed by atoms with Crippen LogP contribution in [0.1, 0.15) is 9.67 Å². The van der Waals surface area contributed by atoms with Crippen molar-refractivity contribution in [2.75, 3.05) is 11.1 Å². The molecule has 3 N–H and O–H groups in total. The quantitative estimate of drug-likeness (QED) is 0.720. The van der Waals surface area contributed by atoms with Crippen molar-refractivity contribution in [3.63, 3.8) is 0 Å². The fraction of sp³-hybridized carbons (Fsp3) is 0. The molecule has 0 atom stereocenters. The number of hydrogen-bond acceptors (Lipinski definition) is 4. The van der Waals surface area contributed by atoms with Gasteiger partial charge in [-0.15, -0.1) is 11.3 Å². The van der Waals surface area contributed by atoms with E-state index in [0.29, 0.717) is 20.9 Å². The molecule has 0 radical (unpaired) electrons. The molecule has 0 saturated heterocycles. The van der Waals surface area contributed by atoms with Gasteiger partial charge in [-0.25, -0.2) is 9.37 Å². The number of nitrogens with one attached hydrogen (secondary N) is 1. The van der Waals surface area contributed by atoms with Crippen LogP contribution >= 0.6 is 27.3 Å². The topological polar surface area (TPSA) is 68.0 Å². The maximum absolute atomic E-state index is 13.2. The molecule has 1 aromatic carbocycles. The van der Waals surface area contributed by atoms with E-state index >= 15 is 0 Å². The predicted octanol–water partition coefficient (Wildman–Crippen LogP) is 4.03. The average molecular weight is 366 g/mol. The first kappa shape index (κ1) is 14.0. The van der Waals surface area contributed by atoms with Crippen LogP contribution in [-0.2, 0) is 0 Å². The fourth-order valence-electron chi connectivity index (χ4n) is 1.83. The summed E-state index contributed by atoms with van der Waals surface area (Å²) in [4.78, 5) is 16.8. The monoisotopic (exact) mass is 365 g/mol. The number of carbonyl (C=O) groups is 1. The second-order valence-corrected chi connectivity index (χ2v) is 6.28. The third-order valence-corrected chi connectivity index (χ3v) is 4.50. The number of carbonyl (C=O) groups excluding carboxylic acids is 1. The number of halogens is 2. The Morgan fingerprint density at radius 2 is 2.14 bits per heavy atom. The summed E-state index contributed by atoms with van der Waals surface area (Å²) in [7, 11) is 0. The summed E-state index contributed by atoms with van der Waals surface area (Å²) < 4.78 is 14.5. The van der Waals surface area contributed by atoms with Gasteiger partial charge in [0.15, 0.2) is 0 Å². The van der Waals surface area contributed by atoms with E-state index in [0.717, 1.165) is 10.1 Å². The van der Waals surface area contributed by atoms with E-state index in [1.54, 1.807) is 18.2 Å². The van der Waals surface area contributed by atoms with Gasteiger partial charge in [0.1, 0.15) is 11.6 Å². The van der Waals surface area contributed by atoms with Gasteiger partial charge in [-0.3, -0.25) is 4.79 Å². The Labute approximate surface area is 131 Å². The zero-order valence-corrected chi connectivity index (χ0v) is 13.0. The summed E-state index contributed by atoms with van der Waals surface area (Å²) in [6.07, 6.45) is 1.46. The maximum atomic E-state index is 13.2. The van der Waals surface area contributed by atoms with Crippen molar-refractivity contribution in [3.8, 4) is 0 Å². The smallest absolute Gasteiger partial charge is 0.266 e. The van der Waals surface area contributed by atoms with Crippen molar-refractivity contribution < 1.29 is 9.18 Å². The molecule has 7 heteroatoms. The number of amides is 1. The molecule has 3 rings (SSSR count). The Bertz CT molecular complexity index is 849. The third-order valence-electron chi connectivity index (χ3n) is 2.80. The van der Waals surface area contributed by atoms with E-state index in [4.69, 9.17) is 5.73 Å². The normalized spacial score (nSPS) is 10.8. The summed E-state index contributed by atoms with van der Waals surface area (Å²) in [5, 5.41) is 3.52. The lowest BCUT2D eigenvalue weighted by atomic mass is 10.2. The molecule has 2 heterocycles. The van der Waals surface area contributed by atoms with Crippen LogP contribution in [0.4, 0.5) is 15.9 Å². The Kier molecular flexibility index (Phi) is 3.60. The number of nitrogens with two attached hydrogens (primary N) is 1. The number of nitrogen functional groups attached to an aromatic ring is 1. The van der Waals surface area contributed by atoms with Gasteiger partial charge in [-0.1, -0.05) is 6.07 Å². The summed E-state index contributed by atoms with van der Waals surface area (Å²) >= 11 is 4.52. The van der Waals surface area contributed by atoms with Crippen molar-refractivity contribution in [2.24, 2.45) is 0 Å². The van der Waals surface area contributed by atoms with E-state index in [1.165, 1.54) is 29.7 Å². The van der Waals surface area contributed by atoms with Gasteiger partial charge < -0.3 is 11.1 Å². The van der Waals surface area contributed by atoms with Crippen molar-refractivity contribution >= 4 is 54.8 Å². The molecule has 0 unspecified atom stereocenters.